The van der Waals surface area contributed by atoms with Crippen molar-refractivity contribution in [2.24, 2.45) is 11.7 Å². The summed E-state index contributed by atoms with van der Waals surface area (Å²) in [5, 5.41) is 0. The summed E-state index contributed by atoms with van der Waals surface area (Å²) in [6.07, 6.45) is 3.84. The number of hydrogen-bond donors (Lipinski definition) is 1. The van der Waals surface area contributed by atoms with Gasteiger partial charge in [0.15, 0.2) is 0 Å². The molecule has 0 radical (unpaired) electrons. The third-order valence-corrected chi connectivity index (χ3v) is 3.53. The number of nitrogens with two attached hydrogens (primary N) is 1. The predicted octanol–water partition coefficient (Wildman–Crippen LogP) is 1.65. The van der Waals surface area contributed by atoms with Gasteiger partial charge in [-0.1, -0.05) is 0 Å². The van der Waals surface area contributed by atoms with E-state index in [0.29, 0.717) is 0 Å². The van der Waals surface area contributed by atoms with E-state index in [9.17, 15) is 0 Å². The van der Waals surface area contributed by atoms with Gasteiger partial charge in [0.1, 0.15) is 0 Å². The van der Waals surface area contributed by atoms with E-state index in [2.05, 4.69) is 18.7 Å². The van der Waals surface area contributed by atoms with Crippen LogP contribution in [-0.4, -0.2) is 42.8 Å². The molecule has 0 aromatic rings. The van der Waals surface area contributed by atoms with Crippen molar-refractivity contribution in [2.75, 3.05) is 26.3 Å². The number of halogens is 1. The molecule has 2 heterocycles. The van der Waals surface area contributed by atoms with Crippen molar-refractivity contribution in [1.82, 2.24) is 4.90 Å². The minimum absolute atomic E-state index is 0. The largest absolute Gasteiger partial charge is 0.381 e. The average molecular weight is 249 g/mol. The van der Waals surface area contributed by atoms with Crippen molar-refractivity contribution >= 4 is 12.4 Å². The highest BCUT2D eigenvalue weighted by molar-refractivity contribution is 5.85. The molecule has 2 saturated heterocycles. The predicted molar refractivity (Wildman–Crippen MR) is 69.0 cm³/mol. The standard InChI is InChI=1S/C12H24N2O.ClH/c1-12(2,13)9-14-6-3-4-10-8-15-7-5-11(10)14;/h10-11H,3-9,13H2,1-2H3;1H. The maximum Gasteiger partial charge on any atom is 0.0509 e. The van der Waals surface area contributed by atoms with E-state index in [4.69, 9.17) is 10.5 Å². The van der Waals surface area contributed by atoms with Crippen LogP contribution in [0.2, 0.25) is 0 Å². The Hall–Kier alpha value is 0.170. The van der Waals surface area contributed by atoms with Gasteiger partial charge >= 0.3 is 0 Å². The lowest BCUT2D eigenvalue weighted by atomic mass is 9.85. The summed E-state index contributed by atoms with van der Waals surface area (Å²) in [6, 6.07) is 0.732. The summed E-state index contributed by atoms with van der Waals surface area (Å²) in [7, 11) is 0. The van der Waals surface area contributed by atoms with Gasteiger partial charge in [-0.05, 0) is 45.6 Å². The van der Waals surface area contributed by atoms with Gasteiger partial charge in [-0.2, -0.15) is 0 Å². The highest BCUT2D eigenvalue weighted by Gasteiger charge is 2.35. The van der Waals surface area contributed by atoms with Crippen LogP contribution in [0.1, 0.15) is 33.1 Å². The van der Waals surface area contributed by atoms with Crippen LogP contribution in [0.15, 0.2) is 0 Å². The number of piperidine rings is 1. The number of likely N-dealkylation sites (tertiary alicyclic amines) is 1. The molecular formula is C12H25ClN2O. The minimum Gasteiger partial charge on any atom is -0.381 e. The molecule has 0 saturated carbocycles. The molecule has 0 amide bonds. The molecule has 2 N–H and O–H groups in total. The van der Waals surface area contributed by atoms with Crippen LogP contribution in [0.25, 0.3) is 0 Å². The molecule has 2 atom stereocenters. The van der Waals surface area contributed by atoms with E-state index in [0.717, 1.165) is 31.7 Å². The molecule has 2 fully saturated rings. The zero-order valence-electron chi connectivity index (χ0n) is 10.4. The lowest BCUT2D eigenvalue weighted by Crippen LogP contribution is -2.55. The Morgan fingerprint density at radius 1 is 1.38 bits per heavy atom. The van der Waals surface area contributed by atoms with Gasteiger partial charge < -0.3 is 10.5 Å². The third kappa shape index (κ3) is 3.59. The highest BCUT2D eigenvalue weighted by Crippen LogP contribution is 2.29. The number of nitrogens with zero attached hydrogens (tertiary/aromatic N) is 1. The molecule has 4 heteroatoms. The molecule has 0 spiro atoms. The van der Waals surface area contributed by atoms with Crippen LogP contribution in [0.5, 0.6) is 0 Å². The van der Waals surface area contributed by atoms with Crippen molar-refractivity contribution in [2.45, 2.75) is 44.7 Å². The summed E-state index contributed by atoms with van der Waals surface area (Å²) in [4.78, 5) is 2.59. The first-order chi connectivity index (χ1) is 7.06. The van der Waals surface area contributed by atoms with E-state index in [1.807, 2.05) is 0 Å². The van der Waals surface area contributed by atoms with Crippen LogP contribution in [0.4, 0.5) is 0 Å². The molecule has 2 rings (SSSR count). The normalized spacial score (nSPS) is 31.7. The molecule has 2 unspecified atom stereocenters. The summed E-state index contributed by atoms with van der Waals surface area (Å²) in [5.74, 6) is 0.759. The van der Waals surface area contributed by atoms with Crippen molar-refractivity contribution in [1.29, 1.82) is 0 Å². The van der Waals surface area contributed by atoms with Crippen molar-refractivity contribution in [3.8, 4) is 0 Å². The Morgan fingerprint density at radius 3 is 2.81 bits per heavy atom. The van der Waals surface area contributed by atoms with Crippen LogP contribution >= 0.6 is 12.4 Å². The molecule has 3 nitrogen and oxygen atoms in total. The zero-order chi connectivity index (χ0) is 10.9. The van der Waals surface area contributed by atoms with E-state index in [1.165, 1.54) is 25.8 Å². The first-order valence-electron chi connectivity index (χ1n) is 6.17. The van der Waals surface area contributed by atoms with E-state index >= 15 is 0 Å². The first-order valence-corrected chi connectivity index (χ1v) is 6.17. The molecule has 2 aliphatic heterocycles. The van der Waals surface area contributed by atoms with Crippen LogP contribution in [0, 0.1) is 5.92 Å². The van der Waals surface area contributed by atoms with Crippen molar-refractivity contribution < 1.29 is 4.74 Å². The van der Waals surface area contributed by atoms with Gasteiger partial charge in [0.25, 0.3) is 0 Å². The maximum absolute atomic E-state index is 6.12. The minimum atomic E-state index is -0.0693. The number of rotatable bonds is 2. The Morgan fingerprint density at radius 2 is 2.12 bits per heavy atom. The smallest absolute Gasteiger partial charge is 0.0509 e. The second kappa shape index (κ2) is 5.67. The third-order valence-electron chi connectivity index (χ3n) is 3.53. The average Bonchev–Trinajstić information content (AvgIpc) is 2.16. The number of hydrogen-bond acceptors (Lipinski definition) is 3. The SMILES string of the molecule is CC(C)(N)CN1CCCC2COCCC21.Cl. The second-order valence-corrected chi connectivity index (χ2v) is 5.79. The van der Waals surface area contributed by atoms with Crippen LogP contribution < -0.4 is 5.73 Å². The van der Waals surface area contributed by atoms with Gasteiger partial charge in [-0.3, -0.25) is 4.90 Å². The number of ether oxygens (including phenoxy) is 1. The van der Waals surface area contributed by atoms with E-state index < -0.39 is 0 Å². The van der Waals surface area contributed by atoms with Gasteiger partial charge in [0.05, 0.1) is 6.61 Å². The molecule has 0 bridgehead atoms. The Bertz CT molecular complexity index is 216. The Labute approximate surface area is 105 Å². The van der Waals surface area contributed by atoms with Gasteiger partial charge in [-0.15, -0.1) is 12.4 Å². The van der Waals surface area contributed by atoms with Crippen LogP contribution in [0.3, 0.4) is 0 Å². The zero-order valence-corrected chi connectivity index (χ0v) is 11.3. The summed E-state index contributed by atoms with van der Waals surface area (Å²) < 4.78 is 5.56. The van der Waals surface area contributed by atoms with Gasteiger partial charge in [0.2, 0.25) is 0 Å². The second-order valence-electron chi connectivity index (χ2n) is 5.79. The molecule has 0 aromatic carbocycles. The number of fused-ring (bicyclic) bond motifs is 1. The van der Waals surface area contributed by atoms with Crippen LogP contribution in [-0.2, 0) is 4.74 Å². The lowest BCUT2D eigenvalue weighted by Gasteiger charge is -2.45. The summed E-state index contributed by atoms with van der Waals surface area (Å²) in [5.41, 5.74) is 6.05. The fraction of sp³-hybridized carbons (Fsp3) is 1.00. The molecule has 0 aliphatic carbocycles. The monoisotopic (exact) mass is 248 g/mol. The fourth-order valence-electron chi connectivity index (χ4n) is 2.98. The first kappa shape index (κ1) is 14.2. The summed E-state index contributed by atoms with van der Waals surface area (Å²) >= 11 is 0. The van der Waals surface area contributed by atoms with E-state index in [1.54, 1.807) is 0 Å². The molecular weight excluding hydrogens is 224 g/mol. The van der Waals surface area contributed by atoms with Crippen molar-refractivity contribution in [3.05, 3.63) is 0 Å². The molecule has 0 aromatic heterocycles. The van der Waals surface area contributed by atoms with Gasteiger partial charge in [0, 0.05) is 24.7 Å². The Kier molecular flexibility index (Phi) is 5.05. The molecule has 96 valence electrons. The molecule has 16 heavy (non-hydrogen) atoms. The van der Waals surface area contributed by atoms with E-state index in [-0.39, 0.29) is 17.9 Å². The topological polar surface area (TPSA) is 38.5 Å². The summed E-state index contributed by atoms with van der Waals surface area (Å²) in [6.45, 7) is 8.39. The lowest BCUT2D eigenvalue weighted by molar-refractivity contribution is -0.0402. The Balaban J connectivity index is 0.00000128. The maximum atomic E-state index is 6.12. The van der Waals surface area contributed by atoms with Gasteiger partial charge in [-0.25, -0.2) is 0 Å². The molecule has 2 aliphatic rings. The quantitative estimate of drug-likeness (QED) is 0.808. The highest BCUT2D eigenvalue weighted by atomic mass is 35.5. The van der Waals surface area contributed by atoms with Crippen molar-refractivity contribution in [3.63, 3.8) is 0 Å². The fourth-order valence-corrected chi connectivity index (χ4v) is 2.98.